The number of nitrogens with one attached hydrogen (secondary N) is 1. The quantitative estimate of drug-likeness (QED) is 0.918. The smallest absolute Gasteiger partial charge is 0.264 e. The first kappa shape index (κ1) is 14.0. The zero-order valence-electron chi connectivity index (χ0n) is 11.8. The minimum absolute atomic E-state index is 0.102. The van der Waals surface area contributed by atoms with Gasteiger partial charge in [-0.3, -0.25) is 4.90 Å². The fourth-order valence-corrected chi connectivity index (χ4v) is 2.26. The highest BCUT2D eigenvalue weighted by Crippen LogP contribution is 2.18. The van der Waals surface area contributed by atoms with Gasteiger partial charge in [-0.05, 0) is 19.2 Å². The minimum Gasteiger partial charge on any atom is -0.484 e. The Balaban J connectivity index is 1.62. The van der Waals surface area contributed by atoms with Gasteiger partial charge in [-0.25, -0.2) is 4.39 Å². The molecule has 0 bridgehead atoms. The molecule has 0 saturated carbocycles. The summed E-state index contributed by atoms with van der Waals surface area (Å²) in [6, 6.07) is 6.05. The highest BCUT2D eigenvalue weighted by atomic mass is 19.1. The van der Waals surface area contributed by atoms with Gasteiger partial charge in [0.2, 0.25) is 0 Å². The number of ether oxygens (including phenoxy) is 1. The predicted octanol–water partition coefficient (Wildman–Crippen LogP) is 1.36. The second-order valence-corrected chi connectivity index (χ2v) is 4.99. The summed E-state index contributed by atoms with van der Waals surface area (Å²) in [5.74, 6) is 1.12. The van der Waals surface area contributed by atoms with E-state index in [0.29, 0.717) is 17.5 Å². The van der Waals surface area contributed by atoms with Crippen LogP contribution in [-0.4, -0.2) is 41.7 Å². The number of halogens is 1. The van der Waals surface area contributed by atoms with Crippen molar-refractivity contribution in [3.63, 3.8) is 0 Å². The molecule has 2 aromatic rings. The zero-order valence-corrected chi connectivity index (χ0v) is 11.8. The molecule has 1 saturated heterocycles. The van der Waals surface area contributed by atoms with Crippen LogP contribution >= 0.6 is 0 Å². The molecule has 21 heavy (non-hydrogen) atoms. The van der Waals surface area contributed by atoms with Crippen LogP contribution in [0.1, 0.15) is 17.8 Å². The third kappa shape index (κ3) is 3.37. The number of hydrogen-bond donors (Lipinski definition) is 1. The highest BCUT2D eigenvalue weighted by Gasteiger charge is 2.25. The van der Waals surface area contributed by atoms with Gasteiger partial charge in [-0.2, -0.15) is 4.98 Å². The van der Waals surface area contributed by atoms with E-state index < -0.39 is 0 Å². The number of piperazine rings is 1. The molecule has 2 heterocycles. The molecule has 7 heteroatoms. The van der Waals surface area contributed by atoms with Crippen molar-refractivity contribution in [2.45, 2.75) is 12.6 Å². The van der Waals surface area contributed by atoms with Crippen LogP contribution in [0.25, 0.3) is 0 Å². The Morgan fingerprint density at radius 1 is 1.52 bits per heavy atom. The van der Waals surface area contributed by atoms with Crippen molar-refractivity contribution in [1.82, 2.24) is 20.4 Å². The van der Waals surface area contributed by atoms with Gasteiger partial charge >= 0.3 is 0 Å². The molecular weight excluding hydrogens is 275 g/mol. The molecule has 1 aliphatic heterocycles. The van der Waals surface area contributed by atoms with Crippen LogP contribution in [0.2, 0.25) is 0 Å². The topological polar surface area (TPSA) is 63.4 Å². The lowest BCUT2D eigenvalue weighted by atomic mass is 10.2. The van der Waals surface area contributed by atoms with Crippen LogP contribution < -0.4 is 10.1 Å². The standard InChI is InChI=1S/C14H17FN4O2/c1-19-6-5-16-8-12(19)14-17-13(21-18-14)9-20-11-4-2-3-10(15)7-11/h2-4,7,12,16H,5-6,8-9H2,1H3. The Kier molecular flexibility index (Phi) is 4.12. The molecule has 1 N–H and O–H groups in total. The Morgan fingerprint density at radius 3 is 3.24 bits per heavy atom. The Morgan fingerprint density at radius 2 is 2.43 bits per heavy atom. The maximum atomic E-state index is 13.0. The summed E-state index contributed by atoms with van der Waals surface area (Å²) in [6.45, 7) is 2.81. The first-order valence-electron chi connectivity index (χ1n) is 6.84. The summed E-state index contributed by atoms with van der Waals surface area (Å²) in [4.78, 5) is 6.52. The second kappa shape index (κ2) is 6.19. The molecule has 1 aliphatic rings. The Hall–Kier alpha value is -1.99. The van der Waals surface area contributed by atoms with E-state index >= 15 is 0 Å². The maximum absolute atomic E-state index is 13.0. The largest absolute Gasteiger partial charge is 0.484 e. The molecule has 112 valence electrons. The fourth-order valence-electron chi connectivity index (χ4n) is 2.26. The lowest BCUT2D eigenvalue weighted by Gasteiger charge is -2.30. The summed E-state index contributed by atoms with van der Waals surface area (Å²) in [6.07, 6.45) is 0. The van der Waals surface area contributed by atoms with E-state index in [4.69, 9.17) is 9.26 Å². The maximum Gasteiger partial charge on any atom is 0.264 e. The molecule has 0 radical (unpaired) electrons. The summed E-state index contributed by atoms with van der Waals surface area (Å²) in [5.41, 5.74) is 0. The Labute approximate surface area is 121 Å². The van der Waals surface area contributed by atoms with E-state index in [1.807, 2.05) is 7.05 Å². The molecule has 0 amide bonds. The van der Waals surface area contributed by atoms with E-state index in [9.17, 15) is 4.39 Å². The van der Waals surface area contributed by atoms with E-state index in [-0.39, 0.29) is 18.5 Å². The van der Waals surface area contributed by atoms with Crippen LogP contribution in [0.15, 0.2) is 28.8 Å². The second-order valence-electron chi connectivity index (χ2n) is 4.99. The minimum atomic E-state index is -0.339. The fraction of sp³-hybridized carbons (Fsp3) is 0.429. The molecule has 1 aromatic carbocycles. The van der Waals surface area contributed by atoms with Gasteiger partial charge in [0.1, 0.15) is 11.6 Å². The van der Waals surface area contributed by atoms with Gasteiger partial charge in [-0.1, -0.05) is 11.2 Å². The predicted molar refractivity (Wildman–Crippen MR) is 73.3 cm³/mol. The molecule has 1 atom stereocenters. The van der Waals surface area contributed by atoms with Crippen LogP contribution in [0.4, 0.5) is 4.39 Å². The highest BCUT2D eigenvalue weighted by molar-refractivity contribution is 5.22. The van der Waals surface area contributed by atoms with Crippen molar-refractivity contribution in [2.24, 2.45) is 0 Å². The van der Waals surface area contributed by atoms with Crippen molar-refractivity contribution in [3.05, 3.63) is 41.8 Å². The van der Waals surface area contributed by atoms with Crippen LogP contribution in [0.5, 0.6) is 5.75 Å². The Bertz CT molecular complexity index is 604. The zero-order chi connectivity index (χ0) is 14.7. The molecule has 1 aromatic heterocycles. The van der Waals surface area contributed by atoms with Gasteiger partial charge in [-0.15, -0.1) is 0 Å². The number of hydrogen-bond acceptors (Lipinski definition) is 6. The van der Waals surface area contributed by atoms with Gasteiger partial charge in [0.25, 0.3) is 5.89 Å². The molecule has 0 spiro atoms. The average molecular weight is 292 g/mol. The van der Waals surface area contributed by atoms with E-state index in [1.54, 1.807) is 12.1 Å². The number of aromatic nitrogens is 2. The molecule has 1 unspecified atom stereocenters. The molecule has 0 aliphatic carbocycles. The SMILES string of the molecule is CN1CCNCC1c1noc(COc2cccc(F)c2)n1. The lowest BCUT2D eigenvalue weighted by molar-refractivity contribution is 0.189. The summed E-state index contributed by atoms with van der Waals surface area (Å²) in [7, 11) is 2.03. The summed E-state index contributed by atoms with van der Waals surface area (Å²) in [5, 5.41) is 7.30. The molecule has 6 nitrogen and oxygen atoms in total. The van der Waals surface area contributed by atoms with Gasteiger partial charge in [0.05, 0.1) is 6.04 Å². The van der Waals surface area contributed by atoms with Crippen LogP contribution in [0.3, 0.4) is 0 Å². The molecular formula is C14H17FN4O2. The first-order chi connectivity index (χ1) is 10.2. The molecule has 1 fully saturated rings. The van der Waals surface area contributed by atoms with E-state index in [0.717, 1.165) is 19.6 Å². The number of rotatable bonds is 4. The monoisotopic (exact) mass is 292 g/mol. The normalized spacial score (nSPS) is 19.6. The van der Waals surface area contributed by atoms with Gasteiger partial charge < -0.3 is 14.6 Å². The van der Waals surface area contributed by atoms with Crippen molar-refractivity contribution in [1.29, 1.82) is 0 Å². The average Bonchev–Trinajstić information content (AvgIpc) is 2.94. The third-order valence-corrected chi connectivity index (χ3v) is 3.45. The van der Waals surface area contributed by atoms with Gasteiger partial charge in [0.15, 0.2) is 12.4 Å². The number of nitrogens with zero attached hydrogens (tertiary/aromatic N) is 3. The third-order valence-electron chi connectivity index (χ3n) is 3.45. The van der Waals surface area contributed by atoms with E-state index in [2.05, 4.69) is 20.4 Å². The number of benzene rings is 1. The van der Waals surface area contributed by atoms with Crippen LogP contribution in [0, 0.1) is 5.82 Å². The van der Waals surface area contributed by atoms with Crippen molar-refractivity contribution in [2.75, 3.05) is 26.7 Å². The van der Waals surface area contributed by atoms with Gasteiger partial charge in [0, 0.05) is 25.7 Å². The first-order valence-corrected chi connectivity index (χ1v) is 6.84. The lowest BCUT2D eigenvalue weighted by Crippen LogP contribution is -2.44. The molecule has 3 rings (SSSR count). The van der Waals surface area contributed by atoms with E-state index in [1.165, 1.54) is 12.1 Å². The van der Waals surface area contributed by atoms with Crippen LogP contribution in [-0.2, 0) is 6.61 Å². The van der Waals surface area contributed by atoms with Crippen molar-refractivity contribution < 1.29 is 13.7 Å². The summed E-state index contributed by atoms with van der Waals surface area (Å²) >= 11 is 0. The van der Waals surface area contributed by atoms with Crippen molar-refractivity contribution >= 4 is 0 Å². The van der Waals surface area contributed by atoms with Crippen molar-refractivity contribution in [3.8, 4) is 5.75 Å². The summed E-state index contributed by atoms with van der Waals surface area (Å²) < 4.78 is 23.7. The number of likely N-dealkylation sites (N-methyl/N-ethyl adjacent to an activating group) is 1.